The fraction of sp³-hybridized carbons (Fsp3) is 0.138. The molecule has 4 aromatic carbocycles. The van der Waals surface area contributed by atoms with Crippen molar-refractivity contribution in [1.82, 2.24) is 9.80 Å². The van der Waals surface area contributed by atoms with Crippen molar-refractivity contribution in [3.8, 4) is 0 Å². The highest BCUT2D eigenvalue weighted by Crippen LogP contribution is 2.82. The molecule has 5 heteroatoms. The summed E-state index contributed by atoms with van der Waals surface area (Å²) in [5.41, 5.74) is 0. The predicted octanol–water partition coefficient (Wildman–Crippen LogP) is 5.10. The first-order chi connectivity index (χ1) is 16.5. The molecule has 0 N–H and O–H groups in total. The van der Waals surface area contributed by atoms with Gasteiger partial charge in [-0.15, -0.1) is 0 Å². The fourth-order valence-corrected chi connectivity index (χ4v) is 14.4. The van der Waals surface area contributed by atoms with Crippen molar-refractivity contribution in [2.24, 2.45) is 4.76 Å². The van der Waals surface area contributed by atoms with Crippen LogP contribution in [-0.4, -0.2) is 44.0 Å². The summed E-state index contributed by atoms with van der Waals surface area (Å²) in [7, 11) is 5.11. The largest absolute Gasteiger partial charge is 0.346 e. The van der Waals surface area contributed by atoms with Gasteiger partial charge < -0.3 is 9.80 Å². The Hall–Kier alpha value is -2.99. The Kier molecular flexibility index (Phi) is 7.78. The lowest BCUT2D eigenvalue weighted by molar-refractivity contribution is 0.486. The Bertz CT molecular complexity index is 1110. The van der Waals surface area contributed by atoms with Gasteiger partial charge in [-0.2, -0.15) is 0 Å². The van der Waals surface area contributed by atoms with E-state index < -0.39 is 14.7 Å². The minimum absolute atomic E-state index is 0.863. The van der Waals surface area contributed by atoms with Crippen LogP contribution >= 0.6 is 14.7 Å². The van der Waals surface area contributed by atoms with Gasteiger partial charge in [0.1, 0.15) is 10.6 Å². The average molecular weight is 485 g/mol. The molecule has 4 rings (SSSR count). The highest BCUT2D eigenvalue weighted by molar-refractivity contribution is 8.49. The fourth-order valence-electron chi connectivity index (χ4n) is 4.14. The van der Waals surface area contributed by atoms with Crippen LogP contribution in [0.1, 0.15) is 0 Å². The minimum atomic E-state index is -2.35. The van der Waals surface area contributed by atoms with Gasteiger partial charge in [-0.1, -0.05) is 102 Å². The van der Waals surface area contributed by atoms with Gasteiger partial charge in [0.2, 0.25) is 13.1 Å². The molecule has 4 aromatic rings. The summed E-state index contributed by atoms with van der Waals surface area (Å²) in [6.07, 6.45) is 0. The summed E-state index contributed by atoms with van der Waals surface area (Å²) in [6.45, 7) is 0. The summed E-state index contributed by atoms with van der Waals surface area (Å²) in [5.74, 6) is 0.973. The summed E-state index contributed by atoms with van der Waals surface area (Å²) in [5, 5.41) is 5.26. The monoisotopic (exact) mass is 484 g/mol. The number of nitrogens with zero attached hydrogens (tertiary/aromatic N) is 3. The van der Waals surface area contributed by atoms with E-state index in [0.717, 1.165) is 5.96 Å². The number of hydrogen-bond donors (Lipinski definition) is 0. The molecule has 0 atom stereocenters. The molecule has 0 saturated carbocycles. The third kappa shape index (κ3) is 4.92. The highest BCUT2D eigenvalue weighted by Gasteiger charge is 2.54. The molecule has 0 aliphatic heterocycles. The zero-order valence-corrected chi connectivity index (χ0v) is 22.1. The van der Waals surface area contributed by atoms with Crippen LogP contribution in [0.3, 0.4) is 0 Å². The average Bonchev–Trinajstić information content (AvgIpc) is 2.88. The van der Waals surface area contributed by atoms with E-state index in [4.69, 9.17) is 4.76 Å². The molecule has 0 spiro atoms. The topological polar surface area (TPSA) is 18.8 Å². The Morgan fingerprint density at radius 1 is 0.529 bits per heavy atom. The van der Waals surface area contributed by atoms with Crippen LogP contribution in [0.25, 0.3) is 0 Å². The van der Waals surface area contributed by atoms with E-state index in [2.05, 4.69) is 159 Å². The zero-order chi connectivity index (χ0) is 24.0. The minimum Gasteiger partial charge on any atom is -0.346 e. The Morgan fingerprint density at radius 2 is 0.853 bits per heavy atom. The zero-order valence-electron chi connectivity index (χ0n) is 20.3. The second-order valence-corrected chi connectivity index (χ2v) is 15.5. The van der Waals surface area contributed by atoms with Crippen molar-refractivity contribution in [1.29, 1.82) is 0 Å². The number of hydrogen-bond acceptors (Lipinski definition) is 1. The molecule has 0 aliphatic rings. The lowest BCUT2D eigenvalue weighted by atomic mass is 10.4. The lowest BCUT2D eigenvalue weighted by Gasteiger charge is -2.32. The summed E-state index contributed by atoms with van der Waals surface area (Å²) in [4.78, 5) is 4.26. The molecule has 34 heavy (non-hydrogen) atoms. The van der Waals surface area contributed by atoms with Crippen molar-refractivity contribution in [3.05, 3.63) is 121 Å². The maximum Gasteiger partial charge on any atom is 0.236 e. The van der Waals surface area contributed by atoms with Crippen molar-refractivity contribution >= 4 is 41.9 Å². The molecule has 0 saturated heterocycles. The van der Waals surface area contributed by atoms with Crippen molar-refractivity contribution in [3.63, 3.8) is 0 Å². The first kappa shape index (κ1) is 24.1. The van der Waals surface area contributed by atoms with Crippen LogP contribution in [0.5, 0.6) is 0 Å². The van der Waals surface area contributed by atoms with Crippen molar-refractivity contribution in [2.45, 2.75) is 0 Å². The first-order valence-corrected chi connectivity index (χ1v) is 15.2. The van der Waals surface area contributed by atoms with Crippen LogP contribution in [0, 0.1) is 0 Å². The van der Waals surface area contributed by atoms with Gasteiger partial charge in [-0.25, -0.2) is 0 Å². The molecule has 0 aliphatic carbocycles. The third-order valence-corrected chi connectivity index (χ3v) is 15.0. The Morgan fingerprint density at radius 3 is 1.18 bits per heavy atom. The normalized spacial score (nSPS) is 11.2. The van der Waals surface area contributed by atoms with E-state index in [-0.39, 0.29) is 0 Å². The Balaban J connectivity index is 2.18. The second kappa shape index (κ2) is 11.0. The van der Waals surface area contributed by atoms with E-state index in [0.29, 0.717) is 0 Å². The second-order valence-electron chi connectivity index (χ2n) is 8.44. The quantitative estimate of drug-likeness (QED) is 0.216. The smallest absolute Gasteiger partial charge is 0.236 e. The molecule has 0 fully saturated rings. The van der Waals surface area contributed by atoms with E-state index in [9.17, 15) is 0 Å². The molecular weight excluding hydrogens is 452 g/mol. The molecule has 0 radical (unpaired) electrons. The maximum atomic E-state index is 5.81. The SMILES string of the molecule is CN(C)C(=N[P+](c1ccccc1)(c1ccccc1)P(c1ccccc1)c1ccccc1)N(C)C. The van der Waals surface area contributed by atoms with Crippen LogP contribution in [-0.2, 0) is 0 Å². The maximum absolute atomic E-state index is 5.81. The van der Waals surface area contributed by atoms with Crippen LogP contribution in [0.15, 0.2) is 126 Å². The van der Waals surface area contributed by atoms with Gasteiger partial charge in [-0.05, 0) is 24.3 Å². The third-order valence-electron chi connectivity index (χ3n) is 5.56. The van der Waals surface area contributed by atoms with Gasteiger partial charge in [0.25, 0.3) is 0 Å². The molecule has 3 nitrogen and oxygen atoms in total. The van der Waals surface area contributed by atoms with Gasteiger partial charge in [0.05, 0.1) is 0 Å². The van der Waals surface area contributed by atoms with E-state index in [1.165, 1.54) is 21.2 Å². The summed E-state index contributed by atoms with van der Waals surface area (Å²) < 4.78 is 5.81. The molecule has 0 unspecified atom stereocenters. The van der Waals surface area contributed by atoms with E-state index in [1.54, 1.807) is 0 Å². The first-order valence-electron chi connectivity index (χ1n) is 11.4. The molecule has 0 heterocycles. The van der Waals surface area contributed by atoms with E-state index in [1.807, 2.05) is 0 Å². The van der Waals surface area contributed by atoms with Crippen molar-refractivity contribution in [2.75, 3.05) is 28.2 Å². The number of guanidine groups is 1. The standard InChI is InChI=1S/C29H32N3P2/c1-31(2)29(32(3)4)30-34(27-21-13-7-14-22-27,28-23-15-8-16-24-28)33(25-17-9-5-10-18-25)26-19-11-6-12-20-26/h5-24H,1-4H3/q+1. The molecule has 0 amide bonds. The molecular formula is C29H32N3P2+. The number of rotatable bonds is 6. The Labute approximate surface area is 205 Å². The number of benzene rings is 4. The summed E-state index contributed by atoms with van der Waals surface area (Å²) >= 11 is 0. The molecule has 0 bridgehead atoms. The predicted molar refractivity (Wildman–Crippen MR) is 153 cm³/mol. The lowest BCUT2D eigenvalue weighted by Crippen LogP contribution is -2.37. The molecule has 172 valence electrons. The highest BCUT2D eigenvalue weighted by atomic mass is 32.1. The summed E-state index contributed by atoms with van der Waals surface area (Å²) in [6, 6.07) is 43.8. The van der Waals surface area contributed by atoms with Crippen LogP contribution < -0.4 is 21.2 Å². The van der Waals surface area contributed by atoms with Crippen molar-refractivity contribution < 1.29 is 0 Å². The van der Waals surface area contributed by atoms with Crippen LogP contribution in [0.4, 0.5) is 0 Å². The van der Waals surface area contributed by atoms with Gasteiger partial charge in [0, 0.05) is 38.8 Å². The van der Waals surface area contributed by atoms with Gasteiger partial charge in [-0.3, -0.25) is 0 Å². The van der Waals surface area contributed by atoms with Gasteiger partial charge in [0.15, 0.2) is 7.61 Å². The van der Waals surface area contributed by atoms with Gasteiger partial charge >= 0.3 is 0 Å². The van der Waals surface area contributed by atoms with E-state index >= 15 is 0 Å². The molecule has 0 aromatic heterocycles. The van der Waals surface area contributed by atoms with Crippen LogP contribution in [0.2, 0.25) is 0 Å².